The molecule has 4 heterocycles. The van der Waals surface area contributed by atoms with Crippen LogP contribution in [0.2, 0.25) is 0 Å². The van der Waals surface area contributed by atoms with Crippen LogP contribution >= 0.6 is 11.5 Å². The Labute approximate surface area is 152 Å². The number of hydrogen-bond donors (Lipinski definition) is 1. The highest BCUT2D eigenvalue weighted by molar-refractivity contribution is 7.84. The molecule has 8 heteroatoms. The van der Waals surface area contributed by atoms with Gasteiger partial charge in [-0.2, -0.15) is 0 Å². The maximum Gasteiger partial charge on any atom is 0.127 e. The summed E-state index contributed by atoms with van der Waals surface area (Å²) in [5, 5.41) is 4.74. The molecule has 0 saturated carbocycles. The van der Waals surface area contributed by atoms with Crippen LogP contribution in [-0.2, 0) is 23.8 Å². The summed E-state index contributed by atoms with van der Waals surface area (Å²) in [7, 11) is -1.05. The minimum atomic E-state index is -1.05. The average Bonchev–Trinajstić information content (AvgIpc) is 3.19. The highest BCUT2D eigenvalue weighted by Crippen LogP contribution is 2.32. The fraction of sp³-hybridized carbons (Fsp3) is 0.353. The fourth-order valence-corrected chi connectivity index (χ4v) is 4.42. The first-order chi connectivity index (χ1) is 12.0. The number of rotatable bonds is 3. The molecule has 1 unspecified atom stereocenters. The molecule has 0 bridgehead atoms. The van der Waals surface area contributed by atoms with E-state index in [-0.39, 0.29) is 0 Å². The highest BCUT2D eigenvalue weighted by Gasteiger charge is 2.22. The summed E-state index contributed by atoms with van der Waals surface area (Å²) >= 11 is 1.43. The predicted octanol–water partition coefficient (Wildman–Crippen LogP) is 2.85. The van der Waals surface area contributed by atoms with E-state index in [9.17, 15) is 4.21 Å². The molecule has 0 spiro atoms. The summed E-state index contributed by atoms with van der Waals surface area (Å²) in [5.41, 5.74) is 6.88. The molecule has 6 nitrogen and oxygen atoms in total. The van der Waals surface area contributed by atoms with Gasteiger partial charge in [0.05, 0.1) is 38.9 Å². The number of anilines is 1. The molecule has 1 N–H and O–H groups in total. The van der Waals surface area contributed by atoms with Crippen LogP contribution in [0.15, 0.2) is 23.4 Å². The predicted molar refractivity (Wildman–Crippen MR) is 100 cm³/mol. The third-order valence-corrected chi connectivity index (χ3v) is 6.25. The molecule has 1 atom stereocenters. The molecule has 1 aliphatic heterocycles. The molecule has 0 radical (unpaired) electrons. The van der Waals surface area contributed by atoms with E-state index >= 15 is 0 Å². The van der Waals surface area contributed by atoms with Crippen molar-refractivity contribution < 1.29 is 4.21 Å². The van der Waals surface area contributed by atoms with Crippen LogP contribution in [0.25, 0.3) is 10.6 Å². The Balaban J connectivity index is 1.62. The van der Waals surface area contributed by atoms with Gasteiger partial charge in [-0.15, -0.1) is 5.10 Å². The summed E-state index contributed by atoms with van der Waals surface area (Å²) in [6.45, 7) is 5.81. The third kappa shape index (κ3) is 3.00. The monoisotopic (exact) mass is 373 g/mol. The lowest BCUT2D eigenvalue weighted by atomic mass is 10.1. The van der Waals surface area contributed by atoms with Crippen LogP contribution < -0.4 is 4.90 Å². The zero-order valence-electron chi connectivity index (χ0n) is 14.4. The van der Waals surface area contributed by atoms with Crippen molar-refractivity contribution in [3.63, 3.8) is 0 Å². The van der Waals surface area contributed by atoms with E-state index in [4.69, 9.17) is 0 Å². The maximum atomic E-state index is 11.6. The van der Waals surface area contributed by atoms with E-state index in [1.165, 1.54) is 22.8 Å². The van der Waals surface area contributed by atoms with E-state index in [1.807, 2.05) is 19.2 Å². The lowest BCUT2D eigenvalue weighted by molar-refractivity contribution is 0.683. The number of nitrogens with one attached hydrogen (secondary N) is 1. The molecule has 1 aliphatic rings. The molecular formula is C17H19N5OS2. The van der Waals surface area contributed by atoms with Crippen molar-refractivity contribution in [3.8, 4) is 10.6 Å². The van der Waals surface area contributed by atoms with Gasteiger partial charge in [0.25, 0.3) is 0 Å². The zero-order chi connectivity index (χ0) is 17.6. The third-order valence-electron chi connectivity index (χ3n) is 4.57. The van der Waals surface area contributed by atoms with Crippen LogP contribution in [-0.4, -0.2) is 36.6 Å². The normalized spacial score (nSPS) is 15.2. The van der Waals surface area contributed by atoms with Gasteiger partial charge in [-0.05, 0) is 48.6 Å². The summed E-state index contributed by atoms with van der Waals surface area (Å²) in [4.78, 5) is 11.3. The maximum absolute atomic E-state index is 11.6. The van der Waals surface area contributed by atoms with Gasteiger partial charge in [0.15, 0.2) is 0 Å². The van der Waals surface area contributed by atoms with Gasteiger partial charge in [0.1, 0.15) is 5.03 Å². The number of H-pyrrole nitrogens is 1. The Morgan fingerprint density at radius 1 is 1.32 bits per heavy atom. The van der Waals surface area contributed by atoms with E-state index in [0.717, 1.165) is 47.0 Å². The van der Waals surface area contributed by atoms with Crippen LogP contribution in [0.4, 0.5) is 5.69 Å². The Kier molecular flexibility index (Phi) is 4.16. The second-order valence-electron chi connectivity index (χ2n) is 6.31. The SMILES string of the molecule is Cc1cc(S(C)=O)ncc1N1CCc2[nH]c(-c3snnc3C)cc2C1. The lowest BCUT2D eigenvalue weighted by Gasteiger charge is -2.30. The summed E-state index contributed by atoms with van der Waals surface area (Å²) in [5.74, 6) is 0. The highest BCUT2D eigenvalue weighted by atomic mass is 32.2. The first kappa shape index (κ1) is 16.4. The van der Waals surface area contributed by atoms with Crippen LogP contribution in [0.3, 0.4) is 0 Å². The minimum absolute atomic E-state index is 0.635. The standard InChI is InChI=1S/C17H19N5OS2/c1-10-6-16(25(3)23)18-8-15(10)22-5-4-13-12(9-22)7-14(19-13)17-11(2)20-21-24-17/h6-8,19H,4-5,9H2,1-3H3. The van der Waals surface area contributed by atoms with Crippen molar-refractivity contribution in [1.29, 1.82) is 0 Å². The Morgan fingerprint density at radius 3 is 2.84 bits per heavy atom. The minimum Gasteiger partial charge on any atom is -0.365 e. The fourth-order valence-electron chi connectivity index (χ4n) is 3.25. The molecule has 4 rings (SSSR count). The Hall–Kier alpha value is -2.06. The molecule has 130 valence electrons. The average molecular weight is 374 g/mol. The van der Waals surface area contributed by atoms with Crippen molar-refractivity contribution in [1.82, 2.24) is 19.6 Å². The number of fused-ring (bicyclic) bond motifs is 1. The molecule has 0 aromatic carbocycles. The summed E-state index contributed by atoms with van der Waals surface area (Å²) in [6, 6.07) is 4.14. The molecule has 0 fully saturated rings. The smallest absolute Gasteiger partial charge is 0.127 e. The Morgan fingerprint density at radius 2 is 2.16 bits per heavy atom. The molecule has 3 aromatic heterocycles. The van der Waals surface area contributed by atoms with Gasteiger partial charge in [-0.1, -0.05) is 4.49 Å². The van der Waals surface area contributed by atoms with Crippen molar-refractivity contribution in [3.05, 3.63) is 40.8 Å². The first-order valence-electron chi connectivity index (χ1n) is 8.08. The van der Waals surface area contributed by atoms with Gasteiger partial charge in [-0.25, -0.2) is 4.98 Å². The van der Waals surface area contributed by atoms with Crippen molar-refractivity contribution in [2.75, 3.05) is 17.7 Å². The largest absolute Gasteiger partial charge is 0.365 e. The van der Waals surface area contributed by atoms with E-state index in [1.54, 1.807) is 6.26 Å². The zero-order valence-corrected chi connectivity index (χ0v) is 16.0. The van der Waals surface area contributed by atoms with E-state index in [2.05, 4.69) is 37.4 Å². The molecule has 0 aliphatic carbocycles. The van der Waals surface area contributed by atoms with Gasteiger partial charge in [-0.3, -0.25) is 4.21 Å². The summed E-state index contributed by atoms with van der Waals surface area (Å²) in [6.07, 6.45) is 4.47. The molecule has 0 saturated heterocycles. The quantitative estimate of drug-likeness (QED) is 0.764. The molecule has 3 aromatic rings. The van der Waals surface area contributed by atoms with Gasteiger partial charge in [0, 0.05) is 31.5 Å². The van der Waals surface area contributed by atoms with Crippen LogP contribution in [0.5, 0.6) is 0 Å². The number of aromatic nitrogens is 4. The lowest BCUT2D eigenvalue weighted by Crippen LogP contribution is -2.30. The first-order valence-corrected chi connectivity index (χ1v) is 10.4. The van der Waals surface area contributed by atoms with E-state index in [0.29, 0.717) is 5.03 Å². The molecule has 0 amide bonds. The van der Waals surface area contributed by atoms with Gasteiger partial charge < -0.3 is 9.88 Å². The topological polar surface area (TPSA) is 74.8 Å². The number of hydrogen-bond acceptors (Lipinski definition) is 6. The van der Waals surface area contributed by atoms with E-state index < -0.39 is 10.8 Å². The number of aromatic amines is 1. The number of nitrogens with zero attached hydrogens (tertiary/aromatic N) is 4. The van der Waals surface area contributed by atoms with Crippen molar-refractivity contribution in [2.45, 2.75) is 31.8 Å². The number of aryl methyl sites for hydroxylation is 2. The van der Waals surface area contributed by atoms with Crippen molar-refractivity contribution >= 4 is 28.0 Å². The second-order valence-corrected chi connectivity index (χ2v) is 8.39. The van der Waals surface area contributed by atoms with Crippen LogP contribution in [0, 0.1) is 13.8 Å². The van der Waals surface area contributed by atoms with Crippen LogP contribution in [0.1, 0.15) is 22.5 Å². The summed E-state index contributed by atoms with van der Waals surface area (Å²) < 4.78 is 15.6. The molecular weight excluding hydrogens is 354 g/mol. The van der Waals surface area contributed by atoms with Crippen molar-refractivity contribution in [2.24, 2.45) is 0 Å². The molecule has 25 heavy (non-hydrogen) atoms. The van der Waals surface area contributed by atoms with Gasteiger partial charge >= 0.3 is 0 Å². The Bertz CT molecular complexity index is 962. The number of pyridine rings is 1. The van der Waals surface area contributed by atoms with Gasteiger partial charge in [0.2, 0.25) is 0 Å². The second kappa shape index (κ2) is 6.34.